The van der Waals surface area contributed by atoms with Gasteiger partial charge in [0.05, 0.1) is 30.4 Å². The number of halogens is 6. The summed E-state index contributed by atoms with van der Waals surface area (Å²) in [5, 5.41) is 0. The molecule has 186 valence electrons. The van der Waals surface area contributed by atoms with Crippen LogP contribution in [0, 0.1) is 29.1 Å². The number of nitrogens with zero attached hydrogens (tertiary/aromatic N) is 4. The number of fused-ring (bicyclic) bond motifs is 1. The predicted octanol–water partition coefficient (Wildman–Crippen LogP) is 3.29. The molecule has 35 heavy (non-hydrogen) atoms. The second-order valence-corrected chi connectivity index (χ2v) is 9.94. The third-order valence-corrected chi connectivity index (χ3v) is 8.06. The summed E-state index contributed by atoms with van der Waals surface area (Å²) >= 11 is 0. The van der Waals surface area contributed by atoms with Gasteiger partial charge in [-0.05, 0) is 6.07 Å². The van der Waals surface area contributed by atoms with Gasteiger partial charge in [-0.3, -0.25) is 4.98 Å². The average Bonchev–Trinajstić information content (AvgIpc) is 3.24. The van der Waals surface area contributed by atoms with Crippen molar-refractivity contribution in [3.05, 3.63) is 59.5 Å². The van der Waals surface area contributed by atoms with Gasteiger partial charge in [-0.15, -0.1) is 0 Å². The smallest absolute Gasteiger partial charge is 0.248 e. The Hall–Kier alpha value is -2.97. The first-order chi connectivity index (χ1) is 16.5. The Morgan fingerprint density at radius 3 is 2.29 bits per heavy atom. The molecule has 5 rings (SSSR count). The van der Waals surface area contributed by atoms with Crippen molar-refractivity contribution in [2.75, 3.05) is 31.1 Å². The van der Waals surface area contributed by atoms with Crippen molar-refractivity contribution in [2.24, 2.45) is 0 Å². The molecule has 0 saturated carbocycles. The Balaban J connectivity index is 1.44. The van der Waals surface area contributed by atoms with Gasteiger partial charge >= 0.3 is 0 Å². The van der Waals surface area contributed by atoms with Crippen molar-refractivity contribution < 1.29 is 39.5 Å². The third kappa shape index (κ3) is 3.79. The highest BCUT2D eigenvalue weighted by atomic mass is 32.2. The average molecular weight is 518 g/mol. The number of hydrogen-bond acceptors (Lipinski definition) is 6. The standard InChI is InChI=1S/C21H16F6N4O3S/c22-11-5-15(26)18(8-14(11)25)35(32,33)31-3-4-34-21(31)1-2-30(10-19(21)27)20-9-28-16-6-12(23)13(24)7-17(16)29-20/h5-9,19H,1-4,10H2/t19-,21-/m0/s1. The number of anilines is 1. The fourth-order valence-corrected chi connectivity index (χ4v) is 6.17. The number of alkyl halides is 1. The lowest BCUT2D eigenvalue weighted by molar-refractivity contribution is -0.116. The minimum atomic E-state index is -4.81. The van der Waals surface area contributed by atoms with E-state index in [-0.39, 0.29) is 55.1 Å². The second-order valence-electron chi connectivity index (χ2n) is 8.11. The van der Waals surface area contributed by atoms with Crippen molar-refractivity contribution in [3.8, 4) is 0 Å². The summed E-state index contributed by atoms with van der Waals surface area (Å²) in [5.41, 5.74) is -1.89. The molecule has 7 nitrogen and oxygen atoms in total. The van der Waals surface area contributed by atoms with E-state index in [0.717, 1.165) is 12.1 Å². The van der Waals surface area contributed by atoms with Crippen molar-refractivity contribution in [3.63, 3.8) is 0 Å². The SMILES string of the molecule is O=S(=O)(c1cc(F)c(F)cc1F)N1CCO[C@]12CCN(c1cnc3cc(F)c(F)cc3n1)C[C@@H]2F. The topological polar surface area (TPSA) is 75.6 Å². The maximum atomic E-state index is 15.6. The third-order valence-electron chi connectivity index (χ3n) is 6.12. The molecule has 2 atom stereocenters. The molecule has 2 saturated heterocycles. The fraction of sp³-hybridized carbons (Fsp3) is 0.333. The number of sulfonamides is 1. The zero-order valence-corrected chi connectivity index (χ0v) is 18.5. The molecule has 1 spiro atoms. The number of aromatic nitrogens is 2. The first-order valence-electron chi connectivity index (χ1n) is 10.3. The molecule has 0 N–H and O–H groups in total. The highest BCUT2D eigenvalue weighted by Crippen LogP contribution is 2.41. The quantitative estimate of drug-likeness (QED) is 0.392. The number of rotatable bonds is 3. The van der Waals surface area contributed by atoms with Gasteiger partial charge in [-0.2, -0.15) is 4.31 Å². The van der Waals surface area contributed by atoms with Crippen LogP contribution >= 0.6 is 0 Å². The van der Waals surface area contributed by atoms with Crippen LogP contribution < -0.4 is 4.90 Å². The molecule has 0 unspecified atom stereocenters. The Labute approximate surface area is 195 Å². The maximum absolute atomic E-state index is 15.6. The highest BCUT2D eigenvalue weighted by molar-refractivity contribution is 7.89. The lowest BCUT2D eigenvalue weighted by Crippen LogP contribution is -2.62. The van der Waals surface area contributed by atoms with Gasteiger partial charge in [0.1, 0.15) is 16.5 Å². The highest BCUT2D eigenvalue weighted by Gasteiger charge is 2.57. The number of ether oxygens (including phenoxy) is 1. The molecule has 3 heterocycles. The van der Waals surface area contributed by atoms with Crippen LogP contribution in [-0.2, 0) is 14.8 Å². The summed E-state index contributed by atoms with van der Waals surface area (Å²) in [6.07, 6.45) is -0.953. The molecule has 14 heteroatoms. The molecule has 3 aromatic rings. The number of piperidine rings is 1. The molecule has 0 amide bonds. The monoisotopic (exact) mass is 518 g/mol. The van der Waals surface area contributed by atoms with Crippen LogP contribution in [-0.4, -0.2) is 60.8 Å². The normalized spacial score (nSPS) is 23.5. The van der Waals surface area contributed by atoms with Crippen LogP contribution in [0.2, 0.25) is 0 Å². The van der Waals surface area contributed by atoms with Crippen molar-refractivity contribution >= 4 is 26.9 Å². The summed E-state index contributed by atoms with van der Waals surface area (Å²) in [6, 6.07) is 2.04. The maximum Gasteiger partial charge on any atom is 0.248 e. The molecule has 0 bridgehead atoms. The van der Waals surface area contributed by atoms with Crippen LogP contribution in [0.1, 0.15) is 6.42 Å². The number of hydrogen-bond donors (Lipinski definition) is 0. The Bertz CT molecular complexity index is 1440. The van der Waals surface area contributed by atoms with Crippen LogP contribution in [0.3, 0.4) is 0 Å². The largest absolute Gasteiger partial charge is 0.355 e. The molecule has 2 aromatic carbocycles. The summed E-state index contributed by atoms with van der Waals surface area (Å²) in [5.74, 6) is -6.74. The van der Waals surface area contributed by atoms with E-state index in [2.05, 4.69) is 9.97 Å². The van der Waals surface area contributed by atoms with E-state index in [1.807, 2.05) is 0 Å². The Morgan fingerprint density at radius 1 is 0.914 bits per heavy atom. The molecular formula is C21H16F6N4O3S. The lowest BCUT2D eigenvalue weighted by Gasteiger charge is -2.45. The van der Waals surface area contributed by atoms with E-state index in [0.29, 0.717) is 4.31 Å². The zero-order chi connectivity index (χ0) is 25.1. The summed E-state index contributed by atoms with van der Waals surface area (Å²) < 4.78 is 116. The van der Waals surface area contributed by atoms with Gasteiger partial charge in [0.2, 0.25) is 10.0 Å². The zero-order valence-electron chi connectivity index (χ0n) is 17.7. The van der Waals surface area contributed by atoms with Crippen LogP contribution in [0.25, 0.3) is 11.0 Å². The molecule has 1 aromatic heterocycles. The molecular weight excluding hydrogens is 502 g/mol. The van der Waals surface area contributed by atoms with E-state index in [1.165, 1.54) is 11.1 Å². The van der Waals surface area contributed by atoms with E-state index in [1.54, 1.807) is 0 Å². The molecule has 2 aliphatic heterocycles. The minimum Gasteiger partial charge on any atom is -0.355 e. The van der Waals surface area contributed by atoms with E-state index >= 15 is 4.39 Å². The van der Waals surface area contributed by atoms with Crippen molar-refractivity contribution in [1.29, 1.82) is 0 Å². The Morgan fingerprint density at radius 2 is 1.57 bits per heavy atom. The molecule has 0 aliphatic carbocycles. The first-order valence-corrected chi connectivity index (χ1v) is 11.8. The van der Waals surface area contributed by atoms with Crippen molar-refractivity contribution in [2.45, 2.75) is 23.2 Å². The predicted molar refractivity (Wildman–Crippen MR) is 110 cm³/mol. The van der Waals surface area contributed by atoms with Gasteiger partial charge in [-0.1, -0.05) is 0 Å². The number of benzene rings is 2. The second kappa shape index (κ2) is 8.31. The van der Waals surface area contributed by atoms with Gasteiger partial charge in [0.25, 0.3) is 0 Å². The van der Waals surface area contributed by atoms with E-state index < -0.39 is 62.4 Å². The van der Waals surface area contributed by atoms with Crippen LogP contribution in [0.4, 0.5) is 32.2 Å². The molecule has 2 fully saturated rings. The molecule has 0 radical (unpaired) electrons. The van der Waals surface area contributed by atoms with E-state index in [4.69, 9.17) is 4.74 Å². The van der Waals surface area contributed by atoms with Gasteiger partial charge in [-0.25, -0.2) is 39.7 Å². The van der Waals surface area contributed by atoms with Crippen molar-refractivity contribution in [1.82, 2.24) is 14.3 Å². The lowest BCUT2D eigenvalue weighted by atomic mass is 9.98. The van der Waals surface area contributed by atoms with E-state index in [9.17, 15) is 30.4 Å². The molecule has 2 aliphatic rings. The summed E-state index contributed by atoms with van der Waals surface area (Å²) in [6.45, 7) is -0.944. The summed E-state index contributed by atoms with van der Waals surface area (Å²) in [7, 11) is -4.81. The fourth-order valence-electron chi connectivity index (χ4n) is 4.39. The Kier molecular flexibility index (Phi) is 5.64. The summed E-state index contributed by atoms with van der Waals surface area (Å²) in [4.78, 5) is 8.49. The van der Waals surface area contributed by atoms with Gasteiger partial charge < -0.3 is 9.64 Å². The first kappa shape index (κ1) is 23.8. The van der Waals surface area contributed by atoms with Crippen LogP contribution in [0.15, 0.2) is 35.4 Å². The van der Waals surface area contributed by atoms with Gasteiger partial charge in [0, 0.05) is 37.7 Å². The van der Waals surface area contributed by atoms with Gasteiger partial charge in [0.15, 0.2) is 35.2 Å². The minimum absolute atomic E-state index is 0.0105. The van der Waals surface area contributed by atoms with Crippen LogP contribution in [0.5, 0.6) is 0 Å².